The average molecular weight is 802 g/mol. The van der Waals surface area contributed by atoms with Gasteiger partial charge in [-0.3, -0.25) is 14.6 Å². The van der Waals surface area contributed by atoms with Gasteiger partial charge < -0.3 is 20.0 Å². The van der Waals surface area contributed by atoms with Gasteiger partial charge in [0.25, 0.3) is 11.9 Å². The van der Waals surface area contributed by atoms with Gasteiger partial charge in [0.2, 0.25) is 0 Å². The SMILES string of the molecule is CC(=O)O.CC(=O)O.CN(C)C(=NCCCC(F)(F)C(F)(F)C(F)(F)C(F)(F)C(F)(F)C(F)(F)C(F)(F)C(F)(F)F)N(C)C.[Pd]. The number of nitrogens with zero attached hydrogens (tertiary/aromatic N) is 3. The van der Waals surface area contributed by atoms with Crippen molar-refractivity contribution in [1.82, 2.24) is 9.80 Å². The third-order valence-electron chi connectivity index (χ3n) is 4.49. The molecule has 0 fully saturated rings. The molecule has 0 saturated carbocycles. The maximum absolute atomic E-state index is 13.8. The van der Waals surface area contributed by atoms with E-state index >= 15 is 0 Å². The van der Waals surface area contributed by atoms with Gasteiger partial charge >= 0.3 is 47.6 Å². The van der Waals surface area contributed by atoms with Crippen molar-refractivity contribution in [2.45, 2.75) is 74.3 Å². The Morgan fingerprint density at radius 3 is 1.04 bits per heavy atom. The first-order valence-electron chi connectivity index (χ1n) is 10.9. The average Bonchev–Trinajstić information content (AvgIpc) is 2.75. The molecule has 0 bridgehead atoms. The monoisotopic (exact) mass is 801 g/mol. The third kappa shape index (κ3) is 11.2. The number of guanidine groups is 1. The minimum Gasteiger partial charge on any atom is -0.481 e. The Kier molecular flexibility index (Phi) is 18.2. The second-order valence-electron chi connectivity index (χ2n) is 8.76. The van der Waals surface area contributed by atoms with Crippen molar-refractivity contribution in [3.05, 3.63) is 0 Å². The molecule has 0 amide bonds. The van der Waals surface area contributed by atoms with E-state index in [0.717, 1.165) is 13.8 Å². The van der Waals surface area contributed by atoms with E-state index in [9.17, 15) is 74.6 Å². The van der Waals surface area contributed by atoms with Gasteiger partial charge in [0, 0.05) is 75.4 Å². The molecule has 0 aliphatic heterocycles. The molecular formula is C20H26F17N3O4Pd. The van der Waals surface area contributed by atoms with Crippen molar-refractivity contribution in [3.63, 3.8) is 0 Å². The molecule has 0 aliphatic rings. The van der Waals surface area contributed by atoms with Gasteiger partial charge in [0.1, 0.15) is 0 Å². The number of carboxylic acid groups (broad SMARTS) is 2. The van der Waals surface area contributed by atoms with Crippen LogP contribution in [0.1, 0.15) is 26.7 Å². The number of rotatable bonds is 10. The van der Waals surface area contributed by atoms with Gasteiger partial charge in [-0.15, -0.1) is 0 Å². The van der Waals surface area contributed by atoms with Crippen molar-refractivity contribution in [3.8, 4) is 0 Å². The largest absolute Gasteiger partial charge is 0.481 e. The molecule has 45 heavy (non-hydrogen) atoms. The summed E-state index contributed by atoms with van der Waals surface area (Å²) in [6.07, 6.45) is -11.6. The Morgan fingerprint density at radius 2 is 0.800 bits per heavy atom. The van der Waals surface area contributed by atoms with E-state index in [2.05, 4.69) is 4.99 Å². The van der Waals surface area contributed by atoms with Crippen LogP contribution in [0.3, 0.4) is 0 Å². The standard InChI is InChI=1S/C16H18F17N3.2C2H4O2.Pd/c1-35(2)8(36(3)4)34-7-5-6-9(17,18)10(19,20)11(21,22)12(23,24)13(25,26)14(27,28)15(29,30)16(31,32)33;2*1-2(3)4;/h5-7H2,1-4H3;2*1H3,(H,3,4);. The fourth-order valence-corrected chi connectivity index (χ4v) is 2.52. The predicted octanol–water partition coefficient (Wildman–Crippen LogP) is 6.43. The Balaban J connectivity index is -0.000000827. The number of aliphatic imine (C=N–C) groups is 1. The summed E-state index contributed by atoms with van der Waals surface area (Å²) >= 11 is 0. The molecule has 0 unspecified atom stereocenters. The van der Waals surface area contributed by atoms with E-state index in [1.54, 1.807) is 0 Å². The molecule has 0 aromatic rings. The Hall–Kier alpha value is -2.32. The fraction of sp³-hybridized carbons (Fsp3) is 0.850. The van der Waals surface area contributed by atoms with E-state index in [1.807, 2.05) is 0 Å². The van der Waals surface area contributed by atoms with Crippen LogP contribution in [0, 0.1) is 0 Å². The number of carboxylic acids is 2. The fourth-order valence-electron chi connectivity index (χ4n) is 2.52. The van der Waals surface area contributed by atoms with Gasteiger partial charge in [-0.25, -0.2) is 0 Å². The van der Waals surface area contributed by atoms with E-state index in [4.69, 9.17) is 19.8 Å². The second kappa shape index (κ2) is 16.5. The Labute approximate surface area is 257 Å². The number of alkyl halides is 17. The molecule has 0 aliphatic carbocycles. The molecule has 0 heterocycles. The molecule has 0 atom stereocenters. The first kappa shape index (κ1) is 49.6. The molecule has 0 saturated heterocycles. The zero-order valence-corrected chi connectivity index (χ0v) is 25.0. The van der Waals surface area contributed by atoms with Gasteiger partial charge in [-0.2, -0.15) is 74.6 Å². The van der Waals surface area contributed by atoms with Crippen LogP contribution in [0.15, 0.2) is 4.99 Å². The normalized spacial score (nSPS) is 13.2. The van der Waals surface area contributed by atoms with Gasteiger partial charge in [0.05, 0.1) is 0 Å². The van der Waals surface area contributed by atoms with Crippen LogP contribution in [0.25, 0.3) is 0 Å². The van der Waals surface area contributed by atoms with Crippen LogP contribution in [-0.4, -0.2) is 120 Å². The van der Waals surface area contributed by atoms with E-state index in [-0.39, 0.29) is 26.4 Å². The molecule has 0 aromatic heterocycles. The molecule has 0 spiro atoms. The summed E-state index contributed by atoms with van der Waals surface area (Å²) in [4.78, 5) is 24.1. The van der Waals surface area contributed by atoms with Crippen molar-refractivity contribution in [1.29, 1.82) is 0 Å². The van der Waals surface area contributed by atoms with Gasteiger partial charge in [-0.05, 0) is 6.42 Å². The summed E-state index contributed by atoms with van der Waals surface area (Å²) in [5.74, 6) is -57.8. The second-order valence-corrected chi connectivity index (χ2v) is 8.76. The van der Waals surface area contributed by atoms with Gasteiger partial charge in [-0.1, -0.05) is 0 Å². The van der Waals surface area contributed by atoms with Crippen LogP contribution >= 0.6 is 0 Å². The summed E-state index contributed by atoms with van der Waals surface area (Å²) in [5.41, 5.74) is 0. The van der Waals surface area contributed by atoms with E-state index in [1.165, 1.54) is 38.0 Å². The van der Waals surface area contributed by atoms with Crippen LogP contribution in [0.4, 0.5) is 74.6 Å². The van der Waals surface area contributed by atoms with E-state index < -0.39 is 79.0 Å². The van der Waals surface area contributed by atoms with Crippen LogP contribution in [0.2, 0.25) is 0 Å². The van der Waals surface area contributed by atoms with Crippen LogP contribution in [-0.2, 0) is 30.0 Å². The predicted molar refractivity (Wildman–Crippen MR) is 116 cm³/mol. The molecular weight excluding hydrogens is 776 g/mol. The van der Waals surface area contributed by atoms with Gasteiger partial charge in [0.15, 0.2) is 5.96 Å². The minimum atomic E-state index is -8.61. The molecule has 2 N–H and O–H groups in total. The number of aliphatic carboxylic acids is 2. The molecule has 0 rings (SSSR count). The number of hydrogen-bond acceptors (Lipinski definition) is 3. The summed E-state index contributed by atoms with van der Waals surface area (Å²) in [6, 6.07) is 0. The maximum atomic E-state index is 13.8. The zero-order chi connectivity index (χ0) is 36.7. The van der Waals surface area contributed by atoms with Crippen molar-refractivity contribution in [2.75, 3.05) is 34.7 Å². The van der Waals surface area contributed by atoms with Crippen LogP contribution in [0.5, 0.6) is 0 Å². The molecule has 0 aromatic carbocycles. The first-order valence-corrected chi connectivity index (χ1v) is 10.9. The smallest absolute Gasteiger partial charge is 0.460 e. The number of hydrogen-bond donors (Lipinski definition) is 2. The maximum Gasteiger partial charge on any atom is 0.460 e. The quantitative estimate of drug-likeness (QED) is 0.0870. The van der Waals surface area contributed by atoms with Crippen molar-refractivity contribution >= 4 is 17.9 Å². The third-order valence-corrected chi connectivity index (χ3v) is 4.49. The van der Waals surface area contributed by atoms with Crippen molar-refractivity contribution < 1.29 is 115 Å². The summed E-state index contributed by atoms with van der Waals surface area (Å²) in [6.45, 7) is 1.30. The minimum absolute atomic E-state index is 0. The summed E-state index contributed by atoms with van der Waals surface area (Å²) in [7, 11) is 5.45. The Bertz CT molecular complexity index is 958. The summed E-state index contributed by atoms with van der Waals surface area (Å²) in [5, 5.41) is 14.8. The van der Waals surface area contributed by atoms with Crippen LogP contribution < -0.4 is 0 Å². The first-order chi connectivity index (χ1) is 19.0. The van der Waals surface area contributed by atoms with E-state index in [0.29, 0.717) is 0 Å². The molecule has 7 nitrogen and oxygen atoms in total. The molecule has 0 radical (unpaired) electrons. The zero-order valence-electron chi connectivity index (χ0n) is 23.4. The molecule has 25 heteroatoms. The number of halogens is 17. The Morgan fingerprint density at radius 1 is 0.556 bits per heavy atom. The summed E-state index contributed by atoms with van der Waals surface area (Å²) < 4.78 is 224. The van der Waals surface area contributed by atoms with Crippen molar-refractivity contribution in [2.24, 2.45) is 4.99 Å². The molecule has 274 valence electrons. The topological polar surface area (TPSA) is 93.4 Å². The number of carbonyl (C=O) groups is 2.